The Kier molecular flexibility index (Phi) is 5.54. The van der Waals surface area contributed by atoms with Gasteiger partial charge < -0.3 is 0 Å². The van der Waals surface area contributed by atoms with E-state index >= 15 is 0 Å². The molecular weight excluding hydrogens is 371 g/mol. The maximum absolute atomic E-state index is 7.29. The van der Waals surface area contributed by atoms with Gasteiger partial charge in [-0.1, -0.05) is 0 Å². The molecule has 0 saturated heterocycles. The van der Waals surface area contributed by atoms with Crippen molar-refractivity contribution in [2.75, 3.05) is 0 Å². The van der Waals surface area contributed by atoms with Gasteiger partial charge in [-0.15, -0.1) is 0 Å². The Labute approximate surface area is 128 Å². The van der Waals surface area contributed by atoms with Crippen molar-refractivity contribution >= 4 is 30.4 Å². The first kappa shape index (κ1) is 15.7. The second-order valence-electron chi connectivity index (χ2n) is 5.69. The van der Waals surface area contributed by atoms with Gasteiger partial charge in [-0.25, -0.2) is 0 Å². The van der Waals surface area contributed by atoms with Crippen LogP contribution < -0.4 is 0 Å². The van der Waals surface area contributed by atoms with Crippen LogP contribution in [0.4, 0.5) is 0 Å². The van der Waals surface area contributed by atoms with Crippen LogP contribution in [0.1, 0.15) is 64.2 Å². The molecule has 2 fully saturated rings. The topological polar surface area (TPSA) is 0 Å². The van der Waals surface area contributed by atoms with Crippen molar-refractivity contribution in [1.82, 2.24) is 0 Å². The van der Waals surface area contributed by atoms with Crippen LogP contribution in [0.25, 0.3) is 0 Å². The fraction of sp³-hybridized carbons (Fsp3) is 0.857. The zero-order valence-corrected chi connectivity index (χ0v) is 15.1. The van der Waals surface area contributed by atoms with Crippen molar-refractivity contribution in [3.05, 3.63) is 6.58 Å². The zero-order valence-electron chi connectivity index (χ0n) is 11.0. The van der Waals surface area contributed by atoms with Crippen LogP contribution in [0.2, 0.25) is 0 Å². The summed E-state index contributed by atoms with van der Waals surface area (Å²) >= 11 is 14.4. The van der Waals surface area contributed by atoms with Gasteiger partial charge in [0.2, 0.25) is 0 Å². The molecule has 2 saturated carbocycles. The normalized spacial score (nSPS) is 26.2. The van der Waals surface area contributed by atoms with Crippen LogP contribution in [0, 0.1) is 0 Å². The van der Waals surface area contributed by atoms with Crippen LogP contribution in [0.5, 0.6) is 0 Å². The Morgan fingerprint density at radius 2 is 1.22 bits per heavy atom. The van der Waals surface area contributed by atoms with E-state index in [0.29, 0.717) is 11.3 Å². The first-order valence-electron chi connectivity index (χ1n) is 7.18. The van der Waals surface area contributed by atoms with Gasteiger partial charge in [0.05, 0.1) is 0 Å². The number of hydrogen-bond donors (Lipinski definition) is 0. The van der Waals surface area contributed by atoms with E-state index in [0.717, 1.165) is 0 Å². The summed E-state index contributed by atoms with van der Waals surface area (Å²) in [4.78, 5) is 0. The van der Waals surface area contributed by atoms with Crippen LogP contribution in [-0.2, 0) is 16.2 Å². The quantitative estimate of drug-likeness (QED) is 0.400. The monoisotopic (exact) mass is 395 g/mol. The Balaban J connectivity index is 2.29. The average Bonchev–Trinajstić information content (AvgIpc) is 2.41. The van der Waals surface area contributed by atoms with Crippen molar-refractivity contribution in [1.29, 1.82) is 0 Å². The third-order valence-electron chi connectivity index (χ3n) is 4.59. The molecular formula is C14H24Cl2PRu. The minimum absolute atomic E-state index is 0.154. The standard InChI is InChI=1S/C12H22Cl2P.C2H2.Ru/c13-15(14,11-7-3-1-4-8-11)12-9-5-2-6-10-12;1-2;/h11-12H,1-10H2;1H2;/q+1;;-1. The summed E-state index contributed by atoms with van der Waals surface area (Å²) in [6.07, 6.45) is 13.1. The van der Waals surface area contributed by atoms with Crippen molar-refractivity contribution in [3.63, 3.8) is 0 Å². The molecule has 0 aromatic carbocycles. The molecule has 0 bridgehead atoms. The van der Waals surface area contributed by atoms with E-state index in [1.807, 2.05) is 0 Å². The minimum atomic E-state index is -2.57. The molecule has 0 nitrogen and oxygen atoms in total. The fourth-order valence-electron chi connectivity index (χ4n) is 3.57. The van der Waals surface area contributed by atoms with Gasteiger partial charge in [-0.2, -0.15) is 0 Å². The first-order valence-corrected chi connectivity index (χ1v) is 14.4. The Morgan fingerprint density at radius 1 is 0.833 bits per heavy atom. The van der Waals surface area contributed by atoms with E-state index in [-0.39, 0.29) is 16.2 Å². The van der Waals surface area contributed by atoms with E-state index in [1.54, 1.807) is 0 Å². The summed E-state index contributed by atoms with van der Waals surface area (Å²) in [5, 5.41) is 0. The van der Waals surface area contributed by atoms with Crippen LogP contribution >= 0.6 is 26.1 Å². The van der Waals surface area contributed by atoms with Gasteiger partial charge >= 0.3 is 129 Å². The summed E-state index contributed by atoms with van der Waals surface area (Å²) in [6, 6.07) is 0. The van der Waals surface area contributed by atoms with E-state index < -0.39 is 3.64 Å². The second kappa shape index (κ2) is 6.37. The van der Waals surface area contributed by atoms with Gasteiger partial charge in [0, 0.05) is 0 Å². The SMILES string of the molecule is C=[C]=[Ru][P](Cl)(Cl)(C1CCCCC1)C1CCCCC1. The molecule has 0 unspecified atom stereocenters. The molecule has 0 aromatic rings. The third kappa shape index (κ3) is 3.13. The number of halogens is 2. The molecule has 0 atom stereocenters. The molecule has 0 heterocycles. The summed E-state index contributed by atoms with van der Waals surface area (Å²) < 4.78 is 0.604. The molecule has 2 rings (SSSR count). The van der Waals surface area contributed by atoms with Gasteiger partial charge in [-0.05, 0) is 0 Å². The van der Waals surface area contributed by atoms with E-state index in [1.165, 1.54) is 64.2 Å². The summed E-state index contributed by atoms with van der Waals surface area (Å²) in [5.41, 5.74) is 1.20. The molecule has 107 valence electrons. The third-order valence-corrected chi connectivity index (χ3v) is 20.8. The van der Waals surface area contributed by atoms with Crippen LogP contribution in [0.3, 0.4) is 0 Å². The van der Waals surface area contributed by atoms with Crippen molar-refractivity contribution < 1.29 is 16.2 Å². The Hall–Kier alpha value is 1.28. The molecule has 2 aliphatic rings. The van der Waals surface area contributed by atoms with Gasteiger partial charge in [0.1, 0.15) is 0 Å². The summed E-state index contributed by atoms with van der Waals surface area (Å²) in [6.45, 7) is 3.86. The van der Waals surface area contributed by atoms with Crippen LogP contribution in [-0.4, -0.2) is 15.6 Å². The fourth-order valence-corrected chi connectivity index (χ4v) is 17.1. The number of rotatable bonds is 3. The van der Waals surface area contributed by atoms with E-state index in [9.17, 15) is 0 Å². The molecule has 0 spiro atoms. The van der Waals surface area contributed by atoms with E-state index in [4.69, 9.17) is 22.5 Å². The van der Waals surface area contributed by atoms with Gasteiger partial charge in [0.25, 0.3) is 0 Å². The average molecular weight is 395 g/mol. The summed E-state index contributed by atoms with van der Waals surface area (Å²) in [7, 11) is 0. The van der Waals surface area contributed by atoms with E-state index in [2.05, 4.69) is 10.8 Å². The van der Waals surface area contributed by atoms with Gasteiger partial charge in [0.15, 0.2) is 0 Å². The maximum atomic E-state index is 7.29. The van der Waals surface area contributed by atoms with Gasteiger partial charge in [-0.3, -0.25) is 0 Å². The zero-order chi connectivity index (χ0) is 13.1. The molecule has 4 heteroatoms. The van der Waals surface area contributed by atoms with Crippen LogP contribution in [0.15, 0.2) is 6.58 Å². The molecule has 0 aliphatic heterocycles. The molecule has 0 aromatic heterocycles. The molecule has 0 N–H and O–H groups in total. The molecule has 0 amide bonds. The molecule has 0 radical (unpaired) electrons. The van der Waals surface area contributed by atoms with Crippen molar-refractivity contribution in [3.8, 4) is 0 Å². The van der Waals surface area contributed by atoms with Crippen molar-refractivity contribution in [2.45, 2.75) is 75.5 Å². The predicted octanol–water partition coefficient (Wildman–Crippen LogP) is 6.10. The number of hydrogen-bond acceptors (Lipinski definition) is 0. The Morgan fingerprint density at radius 3 is 1.56 bits per heavy atom. The van der Waals surface area contributed by atoms with Crippen molar-refractivity contribution in [2.24, 2.45) is 0 Å². The molecule has 2 aliphatic carbocycles. The second-order valence-corrected chi connectivity index (χ2v) is 23.5. The Bertz CT molecular complexity index is 316. The predicted molar refractivity (Wildman–Crippen MR) is 83.0 cm³/mol. The molecule has 18 heavy (non-hydrogen) atoms. The first-order chi connectivity index (χ1) is 8.57. The summed E-state index contributed by atoms with van der Waals surface area (Å²) in [5.74, 6) is 0.